The number of benzene rings is 1. The summed E-state index contributed by atoms with van der Waals surface area (Å²) in [7, 11) is 0. The Balaban J connectivity index is 2.29. The number of phenols is 1. The summed E-state index contributed by atoms with van der Waals surface area (Å²) in [5.41, 5.74) is 3.63. The van der Waals surface area contributed by atoms with Crippen molar-refractivity contribution in [3.8, 4) is 11.5 Å². The van der Waals surface area contributed by atoms with E-state index in [1.165, 1.54) is 30.4 Å². The van der Waals surface area contributed by atoms with Gasteiger partial charge in [-0.05, 0) is 76.5 Å². The van der Waals surface area contributed by atoms with Crippen molar-refractivity contribution < 1.29 is 9.84 Å². The first-order valence-electron chi connectivity index (χ1n) is 9.19. The van der Waals surface area contributed by atoms with E-state index in [1.807, 2.05) is 6.07 Å². The normalized spacial score (nSPS) is 18.1. The Morgan fingerprint density at radius 1 is 1.26 bits per heavy atom. The minimum absolute atomic E-state index is 0.124. The maximum Gasteiger partial charge on any atom is 0.127 e. The first-order valence-corrected chi connectivity index (χ1v) is 9.19. The summed E-state index contributed by atoms with van der Waals surface area (Å²) < 4.78 is 6.08. The molecular weight excluding hydrogens is 284 g/mol. The van der Waals surface area contributed by atoms with E-state index in [4.69, 9.17) is 4.74 Å². The van der Waals surface area contributed by atoms with Crippen LogP contribution in [-0.2, 0) is 6.42 Å². The molecule has 0 bridgehead atoms. The highest BCUT2D eigenvalue weighted by Crippen LogP contribution is 2.43. The van der Waals surface area contributed by atoms with Crippen LogP contribution in [0.1, 0.15) is 83.3 Å². The smallest absolute Gasteiger partial charge is 0.127 e. The average molecular weight is 316 g/mol. The van der Waals surface area contributed by atoms with Crippen LogP contribution < -0.4 is 4.74 Å². The fourth-order valence-electron chi connectivity index (χ4n) is 3.50. The zero-order chi connectivity index (χ0) is 16.8. The van der Waals surface area contributed by atoms with Crippen LogP contribution in [0.5, 0.6) is 11.5 Å². The number of phenolic OH excluding ortho intramolecular Hbond substituents is 1. The van der Waals surface area contributed by atoms with E-state index in [0.29, 0.717) is 11.7 Å². The number of hydrogen-bond acceptors (Lipinski definition) is 2. The third-order valence-electron chi connectivity index (χ3n) is 4.60. The molecular formula is C21H32O2. The average Bonchev–Trinajstić information content (AvgIpc) is 2.46. The van der Waals surface area contributed by atoms with Crippen molar-refractivity contribution in [1.82, 2.24) is 0 Å². The van der Waals surface area contributed by atoms with E-state index in [0.717, 1.165) is 37.0 Å². The highest BCUT2D eigenvalue weighted by atomic mass is 16.5. The van der Waals surface area contributed by atoms with E-state index in [2.05, 4.69) is 39.8 Å². The van der Waals surface area contributed by atoms with E-state index < -0.39 is 0 Å². The summed E-state index contributed by atoms with van der Waals surface area (Å²) >= 11 is 0. The summed E-state index contributed by atoms with van der Waals surface area (Å²) in [4.78, 5) is 0. The van der Waals surface area contributed by atoms with E-state index >= 15 is 0 Å². The summed E-state index contributed by atoms with van der Waals surface area (Å²) in [6, 6.07) is 4.13. The lowest BCUT2D eigenvalue weighted by Crippen LogP contribution is -2.12. The molecule has 0 amide bonds. The molecule has 2 nitrogen and oxygen atoms in total. The summed E-state index contributed by atoms with van der Waals surface area (Å²) in [6.07, 6.45) is 10.3. The van der Waals surface area contributed by atoms with E-state index in [1.54, 1.807) is 0 Å². The number of aryl methyl sites for hydroxylation is 1. The molecule has 0 spiro atoms. The molecule has 23 heavy (non-hydrogen) atoms. The highest BCUT2D eigenvalue weighted by molar-refractivity contribution is 5.50. The lowest BCUT2D eigenvalue weighted by Gasteiger charge is -2.26. The van der Waals surface area contributed by atoms with Crippen LogP contribution in [0.25, 0.3) is 0 Å². The molecule has 0 aliphatic heterocycles. The molecule has 1 atom stereocenters. The quantitative estimate of drug-likeness (QED) is 0.484. The molecule has 0 saturated carbocycles. The second kappa shape index (κ2) is 8.42. The van der Waals surface area contributed by atoms with Gasteiger partial charge < -0.3 is 9.84 Å². The van der Waals surface area contributed by atoms with Crippen LogP contribution in [0.3, 0.4) is 0 Å². The molecule has 1 unspecified atom stereocenters. The van der Waals surface area contributed by atoms with Crippen LogP contribution in [0, 0.1) is 0 Å². The number of ether oxygens (including phenoxy) is 1. The Morgan fingerprint density at radius 3 is 2.70 bits per heavy atom. The Labute approximate surface area is 141 Å². The van der Waals surface area contributed by atoms with Gasteiger partial charge >= 0.3 is 0 Å². The lowest BCUT2D eigenvalue weighted by atomic mass is 9.83. The van der Waals surface area contributed by atoms with Crippen LogP contribution in [0.4, 0.5) is 0 Å². The standard InChI is InChI=1S/C21H32O2/c1-5-6-7-10-17-13-19(22)21(20(14-17)23-15(2)3)18-11-8-9-16(4)12-18/h9,13-15,18,22H,5-8,10-12H2,1-4H3. The van der Waals surface area contributed by atoms with Gasteiger partial charge in [-0.15, -0.1) is 0 Å². The van der Waals surface area contributed by atoms with Gasteiger partial charge in [0.25, 0.3) is 0 Å². The topological polar surface area (TPSA) is 29.5 Å². The molecule has 1 aliphatic rings. The maximum atomic E-state index is 10.7. The molecule has 1 aliphatic carbocycles. The lowest BCUT2D eigenvalue weighted by molar-refractivity contribution is 0.236. The third-order valence-corrected chi connectivity index (χ3v) is 4.60. The largest absolute Gasteiger partial charge is 0.508 e. The van der Waals surface area contributed by atoms with Crippen LogP contribution in [0.2, 0.25) is 0 Å². The summed E-state index contributed by atoms with van der Waals surface area (Å²) in [5, 5.41) is 10.7. The number of rotatable bonds is 7. The van der Waals surface area contributed by atoms with Gasteiger partial charge in [0.05, 0.1) is 6.10 Å². The minimum Gasteiger partial charge on any atom is -0.508 e. The molecule has 1 aromatic rings. The Hall–Kier alpha value is -1.44. The summed E-state index contributed by atoms with van der Waals surface area (Å²) in [5.74, 6) is 1.69. The SMILES string of the molecule is CCCCCc1cc(O)c(C2CCC=C(C)C2)c(OC(C)C)c1. The number of unbranched alkanes of at least 4 members (excludes halogenated alkanes) is 2. The molecule has 2 rings (SSSR count). The molecule has 0 heterocycles. The highest BCUT2D eigenvalue weighted by Gasteiger charge is 2.24. The van der Waals surface area contributed by atoms with Crippen molar-refractivity contribution in [3.63, 3.8) is 0 Å². The number of allylic oxidation sites excluding steroid dienone is 2. The number of aromatic hydroxyl groups is 1. The predicted molar refractivity (Wildman–Crippen MR) is 97.4 cm³/mol. The summed E-state index contributed by atoms with van der Waals surface area (Å²) in [6.45, 7) is 8.51. The van der Waals surface area contributed by atoms with Crippen molar-refractivity contribution in [1.29, 1.82) is 0 Å². The molecule has 0 radical (unpaired) electrons. The van der Waals surface area contributed by atoms with Gasteiger partial charge in [-0.3, -0.25) is 0 Å². The van der Waals surface area contributed by atoms with Crippen LogP contribution >= 0.6 is 0 Å². The van der Waals surface area contributed by atoms with Crippen LogP contribution in [-0.4, -0.2) is 11.2 Å². The van der Waals surface area contributed by atoms with Gasteiger partial charge in [-0.2, -0.15) is 0 Å². The van der Waals surface area contributed by atoms with E-state index in [9.17, 15) is 5.11 Å². The zero-order valence-electron chi connectivity index (χ0n) is 15.2. The molecule has 1 aromatic carbocycles. The second-order valence-electron chi connectivity index (χ2n) is 7.18. The van der Waals surface area contributed by atoms with Gasteiger partial charge in [0.15, 0.2) is 0 Å². The molecule has 0 saturated heterocycles. The first-order chi connectivity index (χ1) is 11.0. The van der Waals surface area contributed by atoms with Crippen molar-refractivity contribution in [3.05, 3.63) is 34.9 Å². The Morgan fingerprint density at radius 2 is 2.04 bits per heavy atom. The first kappa shape index (κ1) is 17.9. The monoisotopic (exact) mass is 316 g/mol. The van der Waals surface area contributed by atoms with Crippen LogP contribution in [0.15, 0.2) is 23.8 Å². The molecule has 0 aromatic heterocycles. The molecule has 0 fully saturated rings. The fourth-order valence-corrected chi connectivity index (χ4v) is 3.50. The van der Waals surface area contributed by atoms with Crippen molar-refractivity contribution >= 4 is 0 Å². The van der Waals surface area contributed by atoms with Gasteiger partial charge in [-0.1, -0.05) is 31.4 Å². The molecule has 128 valence electrons. The second-order valence-corrected chi connectivity index (χ2v) is 7.18. The van der Waals surface area contributed by atoms with Gasteiger partial charge in [0.1, 0.15) is 11.5 Å². The number of hydrogen-bond donors (Lipinski definition) is 1. The molecule has 2 heteroatoms. The van der Waals surface area contributed by atoms with Gasteiger partial charge in [0, 0.05) is 5.56 Å². The fraction of sp³-hybridized carbons (Fsp3) is 0.619. The zero-order valence-corrected chi connectivity index (χ0v) is 15.2. The minimum atomic E-state index is 0.124. The predicted octanol–water partition coefficient (Wildman–Crippen LogP) is 6.13. The van der Waals surface area contributed by atoms with Gasteiger partial charge in [0.2, 0.25) is 0 Å². The Kier molecular flexibility index (Phi) is 6.56. The van der Waals surface area contributed by atoms with Crippen molar-refractivity contribution in [2.75, 3.05) is 0 Å². The van der Waals surface area contributed by atoms with Gasteiger partial charge in [-0.25, -0.2) is 0 Å². The van der Waals surface area contributed by atoms with E-state index in [-0.39, 0.29) is 6.10 Å². The van der Waals surface area contributed by atoms with Crippen molar-refractivity contribution in [2.24, 2.45) is 0 Å². The molecule has 1 N–H and O–H groups in total. The Bertz CT molecular complexity index is 543. The van der Waals surface area contributed by atoms with Crippen molar-refractivity contribution in [2.45, 2.75) is 84.7 Å². The third kappa shape index (κ3) is 5.02. The maximum absolute atomic E-state index is 10.7.